The lowest BCUT2D eigenvalue weighted by Crippen LogP contribution is -2.30. The normalized spacial score (nSPS) is 35.5. The van der Waals surface area contributed by atoms with Crippen LogP contribution in [0, 0.1) is 5.92 Å². The molecule has 0 aliphatic carbocycles. The zero-order valence-electron chi connectivity index (χ0n) is 6.43. The molecule has 0 N–H and O–H groups in total. The average Bonchev–Trinajstić information content (AvgIpc) is 2.14. The van der Waals surface area contributed by atoms with Crippen molar-refractivity contribution in [2.45, 2.75) is 32.3 Å². The lowest BCUT2D eigenvalue weighted by Gasteiger charge is -2.12. The van der Waals surface area contributed by atoms with Gasteiger partial charge in [-0.15, -0.1) is 0 Å². The Kier molecular flexibility index (Phi) is 1.86. The molecule has 0 radical (unpaired) electrons. The predicted octanol–water partition coefficient (Wildman–Crippen LogP) is 1.59. The number of ether oxygens (including phenoxy) is 1. The SMILES string of the molecule is CC[C@H]1OC(=O)C(F)(F)[C@@H]1C. The van der Waals surface area contributed by atoms with Gasteiger partial charge in [-0.25, -0.2) is 4.79 Å². The van der Waals surface area contributed by atoms with Gasteiger partial charge in [0.05, 0.1) is 5.92 Å². The molecule has 0 amide bonds. The molecule has 1 aliphatic rings. The summed E-state index contributed by atoms with van der Waals surface area (Å²) >= 11 is 0. The molecular formula is C7H10F2O2. The number of cyclic esters (lactones) is 1. The van der Waals surface area contributed by atoms with E-state index in [-0.39, 0.29) is 0 Å². The summed E-state index contributed by atoms with van der Waals surface area (Å²) in [7, 11) is 0. The Morgan fingerprint density at radius 2 is 2.18 bits per heavy atom. The van der Waals surface area contributed by atoms with E-state index in [0.29, 0.717) is 6.42 Å². The molecule has 11 heavy (non-hydrogen) atoms. The zero-order chi connectivity index (χ0) is 8.65. The summed E-state index contributed by atoms with van der Waals surface area (Å²) < 4.78 is 29.8. The molecule has 2 nitrogen and oxygen atoms in total. The minimum absolute atomic E-state index is 0.447. The number of hydrogen-bond acceptors (Lipinski definition) is 2. The van der Waals surface area contributed by atoms with Gasteiger partial charge in [0, 0.05) is 0 Å². The standard InChI is InChI=1S/C7H10F2O2/c1-3-5-4(2)7(8,9)6(10)11-5/h4-5H,3H2,1-2H3/t4-,5-/m1/s1. The largest absolute Gasteiger partial charge is 0.457 e. The van der Waals surface area contributed by atoms with Gasteiger partial charge in [-0.2, -0.15) is 8.78 Å². The van der Waals surface area contributed by atoms with Crippen molar-refractivity contribution in [3.63, 3.8) is 0 Å². The van der Waals surface area contributed by atoms with Gasteiger partial charge in [0.2, 0.25) is 0 Å². The molecule has 1 rings (SSSR count). The first-order valence-corrected chi connectivity index (χ1v) is 3.59. The summed E-state index contributed by atoms with van der Waals surface area (Å²) in [4.78, 5) is 10.5. The summed E-state index contributed by atoms with van der Waals surface area (Å²) in [6, 6.07) is 0. The van der Waals surface area contributed by atoms with E-state index in [1.807, 2.05) is 0 Å². The number of rotatable bonds is 1. The second-order valence-electron chi connectivity index (χ2n) is 2.76. The van der Waals surface area contributed by atoms with Crippen molar-refractivity contribution < 1.29 is 18.3 Å². The molecule has 1 fully saturated rings. The lowest BCUT2D eigenvalue weighted by atomic mass is 9.99. The van der Waals surface area contributed by atoms with E-state index in [1.165, 1.54) is 6.92 Å². The summed E-state index contributed by atoms with van der Waals surface area (Å²) in [6.07, 6.45) is -0.167. The maximum Gasteiger partial charge on any atom is 0.377 e. The van der Waals surface area contributed by atoms with Gasteiger partial charge in [-0.05, 0) is 6.42 Å². The van der Waals surface area contributed by atoms with E-state index < -0.39 is 23.9 Å². The van der Waals surface area contributed by atoms with E-state index in [9.17, 15) is 13.6 Å². The molecule has 1 aliphatic heterocycles. The van der Waals surface area contributed by atoms with Crippen molar-refractivity contribution in [3.05, 3.63) is 0 Å². The van der Waals surface area contributed by atoms with Gasteiger partial charge in [-0.1, -0.05) is 13.8 Å². The third kappa shape index (κ3) is 1.10. The Morgan fingerprint density at radius 1 is 1.64 bits per heavy atom. The minimum Gasteiger partial charge on any atom is -0.457 e. The van der Waals surface area contributed by atoms with Gasteiger partial charge in [0.1, 0.15) is 6.10 Å². The zero-order valence-corrected chi connectivity index (χ0v) is 6.43. The highest BCUT2D eigenvalue weighted by molar-refractivity contribution is 5.80. The van der Waals surface area contributed by atoms with Gasteiger partial charge in [-0.3, -0.25) is 0 Å². The van der Waals surface area contributed by atoms with Crippen molar-refractivity contribution in [2.24, 2.45) is 5.92 Å². The number of hydrogen-bond donors (Lipinski definition) is 0. The monoisotopic (exact) mass is 164 g/mol. The summed E-state index contributed by atoms with van der Waals surface area (Å²) in [5, 5.41) is 0. The Labute approximate surface area is 63.5 Å². The van der Waals surface area contributed by atoms with Crippen LogP contribution >= 0.6 is 0 Å². The molecule has 0 aromatic heterocycles. The Bertz CT molecular complexity index is 179. The highest BCUT2D eigenvalue weighted by Gasteiger charge is 2.56. The second kappa shape index (κ2) is 2.43. The quantitative estimate of drug-likeness (QED) is 0.550. The molecule has 4 heteroatoms. The maximum absolute atomic E-state index is 12.7. The third-order valence-electron chi connectivity index (χ3n) is 2.06. The topological polar surface area (TPSA) is 26.3 Å². The van der Waals surface area contributed by atoms with Crippen LogP contribution in [0.1, 0.15) is 20.3 Å². The molecule has 64 valence electrons. The molecule has 0 unspecified atom stereocenters. The fraction of sp³-hybridized carbons (Fsp3) is 0.857. The van der Waals surface area contributed by atoms with Crippen molar-refractivity contribution >= 4 is 5.97 Å². The van der Waals surface area contributed by atoms with E-state index in [0.717, 1.165) is 0 Å². The van der Waals surface area contributed by atoms with Crippen molar-refractivity contribution in [1.29, 1.82) is 0 Å². The first-order valence-electron chi connectivity index (χ1n) is 3.59. The lowest BCUT2D eigenvalue weighted by molar-refractivity contribution is -0.160. The predicted molar refractivity (Wildman–Crippen MR) is 34.3 cm³/mol. The van der Waals surface area contributed by atoms with Gasteiger partial charge in [0.25, 0.3) is 0 Å². The molecule has 1 saturated heterocycles. The molecule has 2 atom stereocenters. The van der Waals surface area contributed by atoms with Crippen molar-refractivity contribution in [2.75, 3.05) is 0 Å². The van der Waals surface area contributed by atoms with Crippen LogP contribution in [0.2, 0.25) is 0 Å². The van der Waals surface area contributed by atoms with Gasteiger partial charge < -0.3 is 4.74 Å². The fourth-order valence-corrected chi connectivity index (χ4v) is 1.17. The van der Waals surface area contributed by atoms with Crippen molar-refractivity contribution in [1.82, 2.24) is 0 Å². The minimum atomic E-state index is -3.28. The molecule has 0 saturated carbocycles. The number of halogens is 2. The Hall–Kier alpha value is -0.670. The number of esters is 1. The van der Waals surface area contributed by atoms with Crippen LogP contribution in [0.3, 0.4) is 0 Å². The van der Waals surface area contributed by atoms with Crippen LogP contribution in [0.5, 0.6) is 0 Å². The van der Waals surface area contributed by atoms with Gasteiger partial charge >= 0.3 is 11.9 Å². The summed E-state index contributed by atoms with van der Waals surface area (Å²) in [5.41, 5.74) is 0. The molecule has 0 bridgehead atoms. The highest BCUT2D eigenvalue weighted by atomic mass is 19.3. The van der Waals surface area contributed by atoms with Gasteiger partial charge in [0.15, 0.2) is 0 Å². The summed E-state index contributed by atoms with van der Waals surface area (Å²) in [6.45, 7) is 3.05. The molecule has 0 spiro atoms. The van der Waals surface area contributed by atoms with Crippen molar-refractivity contribution in [3.8, 4) is 0 Å². The summed E-state index contributed by atoms with van der Waals surface area (Å²) in [5.74, 6) is -5.64. The first kappa shape index (κ1) is 8.43. The maximum atomic E-state index is 12.7. The fourth-order valence-electron chi connectivity index (χ4n) is 1.17. The van der Waals surface area contributed by atoms with Crippen LogP contribution in [0.25, 0.3) is 0 Å². The number of carbonyl (C=O) groups is 1. The van der Waals surface area contributed by atoms with E-state index >= 15 is 0 Å². The van der Waals surface area contributed by atoms with Crippen LogP contribution in [0.4, 0.5) is 8.78 Å². The molecule has 1 heterocycles. The third-order valence-corrected chi connectivity index (χ3v) is 2.06. The average molecular weight is 164 g/mol. The number of carbonyl (C=O) groups excluding carboxylic acids is 1. The first-order chi connectivity index (χ1) is 5.00. The Balaban J connectivity index is 2.80. The Morgan fingerprint density at radius 3 is 2.36 bits per heavy atom. The second-order valence-corrected chi connectivity index (χ2v) is 2.76. The highest BCUT2D eigenvalue weighted by Crippen LogP contribution is 2.37. The number of alkyl halides is 2. The molecule has 0 aromatic rings. The molecule has 0 aromatic carbocycles. The van der Waals surface area contributed by atoms with E-state index in [4.69, 9.17) is 0 Å². The van der Waals surface area contributed by atoms with Crippen LogP contribution in [-0.4, -0.2) is 18.0 Å². The molecular weight excluding hydrogens is 154 g/mol. The van der Waals surface area contributed by atoms with Crippen LogP contribution < -0.4 is 0 Å². The smallest absolute Gasteiger partial charge is 0.377 e. The van der Waals surface area contributed by atoms with E-state index in [2.05, 4.69) is 4.74 Å². The van der Waals surface area contributed by atoms with E-state index in [1.54, 1.807) is 6.92 Å². The van der Waals surface area contributed by atoms with Crippen LogP contribution in [0.15, 0.2) is 0 Å². The van der Waals surface area contributed by atoms with Crippen LogP contribution in [-0.2, 0) is 9.53 Å².